The second kappa shape index (κ2) is 7.81. The van der Waals surface area contributed by atoms with Gasteiger partial charge in [-0.25, -0.2) is 4.98 Å². The molecule has 0 bridgehead atoms. The normalized spacial score (nSPS) is 14.4. The molecule has 144 valence electrons. The number of nitrogens with zero attached hydrogens (tertiary/aromatic N) is 3. The van der Waals surface area contributed by atoms with Crippen LogP contribution < -0.4 is 4.90 Å². The number of piperazine rings is 1. The van der Waals surface area contributed by atoms with Gasteiger partial charge in [0.05, 0.1) is 5.69 Å². The lowest BCUT2D eigenvalue weighted by Gasteiger charge is -2.36. The Morgan fingerprint density at radius 3 is 2.50 bits per heavy atom. The van der Waals surface area contributed by atoms with Gasteiger partial charge in [-0.1, -0.05) is 29.8 Å². The van der Waals surface area contributed by atoms with Crippen molar-refractivity contribution in [1.29, 1.82) is 0 Å². The van der Waals surface area contributed by atoms with Crippen LogP contribution in [-0.4, -0.2) is 47.1 Å². The van der Waals surface area contributed by atoms with Crippen LogP contribution in [0.4, 0.5) is 5.69 Å². The first-order valence-corrected chi connectivity index (χ1v) is 10.3. The van der Waals surface area contributed by atoms with Gasteiger partial charge < -0.3 is 14.9 Å². The van der Waals surface area contributed by atoms with Gasteiger partial charge in [0, 0.05) is 48.5 Å². The number of rotatable bonds is 3. The van der Waals surface area contributed by atoms with Crippen molar-refractivity contribution in [3.05, 3.63) is 64.1 Å². The Morgan fingerprint density at radius 1 is 1.11 bits per heavy atom. The zero-order chi connectivity index (χ0) is 19.7. The molecule has 0 radical (unpaired) electrons. The average molecular weight is 414 g/mol. The second-order valence-corrected chi connectivity index (χ2v) is 8.18. The highest BCUT2D eigenvalue weighted by atomic mass is 35.5. The van der Waals surface area contributed by atoms with E-state index in [0.717, 1.165) is 35.0 Å². The Balaban J connectivity index is 1.46. The van der Waals surface area contributed by atoms with Crippen LogP contribution in [0.25, 0.3) is 10.6 Å². The molecular weight excluding hydrogens is 394 g/mol. The quantitative estimate of drug-likeness (QED) is 0.689. The number of anilines is 1. The van der Waals surface area contributed by atoms with E-state index >= 15 is 0 Å². The van der Waals surface area contributed by atoms with Crippen LogP contribution in [0.3, 0.4) is 0 Å². The highest BCUT2D eigenvalue weighted by Crippen LogP contribution is 2.30. The smallest absolute Gasteiger partial charge is 0.265 e. The maximum absolute atomic E-state index is 13.0. The van der Waals surface area contributed by atoms with Crippen LogP contribution in [0.2, 0.25) is 5.02 Å². The third-order valence-corrected chi connectivity index (χ3v) is 6.29. The van der Waals surface area contributed by atoms with Crippen molar-refractivity contribution in [2.24, 2.45) is 0 Å². The molecule has 4 rings (SSSR count). The van der Waals surface area contributed by atoms with E-state index in [1.807, 2.05) is 48.2 Å². The number of halogens is 1. The number of hydrogen-bond donors (Lipinski definition) is 1. The molecule has 1 aliphatic heterocycles. The number of benzene rings is 2. The lowest BCUT2D eigenvalue weighted by atomic mass is 10.2. The van der Waals surface area contributed by atoms with Crippen molar-refractivity contribution in [1.82, 2.24) is 9.88 Å². The van der Waals surface area contributed by atoms with E-state index in [0.29, 0.717) is 23.0 Å². The Morgan fingerprint density at radius 2 is 1.82 bits per heavy atom. The average Bonchev–Trinajstić information content (AvgIpc) is 3.10. The molecule has 0 saturated carbocycles. The largest absolute Gasteiger partial charge is 0.508 e. The number of amides is 1. The van der Waals surface area contributed by atoms with Gasteiger partial charge in [0.25, 0.3) is 5.91 Å². The molecule has 3 aromatic rings. The predicted molar refractivity (Wildman–Crippen MR) is 114 cm³/mol. The van der Waals surface area contributed by atoms with Gasteiger partial charge in [-0.15, -0.1) is 11.3 Å². The molecule has 0 aliphatic carbocycles. The SMILES string of the molecule is Cc1nc(-c2ccc(Cl)cc2)sc1C(=O)N1CCN(c2cccc(O)c2)CC1. The lowest BCUT2D eigenvalue weighted by molar-refractivity contribution is 0.0750. The van der Waals surface area contributed by atoms with Crippen LogP contribution in [0.1, 0.15) is 15.4 Å². The Labute approximate surface area is 172 Å². The van der Waals surface area contributed by atoms with E-state index in [1.165, 1.54) is 11.3 Å². The van der Waals surface area contributed by atoms with Crippen molar-refractivity contribution in [2.45, 2.75) is 6.92 Å². The van der Waals surface area contributed by atoms with Gasteiger partial charge >= 0.3 is 0 Å². The van der Waals surface area contributed by atoms with Crippen LogP contribution in [0.15, 0.2) is 48.5 Å². The zero-order valence-electron chi connectivity index (χ0n) is 15.4. The van der Waals surface area contributed by atoms with Crippen LogP contribution in [0.5, 0.6) is 5.75 Å². The van der Waals surface area contributed by atoms with Crippen molar-refractivity contribution in [2.75, 3.05) is 31.1 Å². The summed E-state index contributed by atoms with van der Waals surface area (Å²) in [5.74, 6) is 0.289. The summed E-state index contributed by atoms with van der Waals surface area (Å²) in [5, 5.41) is 11.2. The summed E-state index contributed by atoms with van der Waals surface area (Å²) in [6.07, 6.45) is 0. The number of aromatic hydroxyl groups is 1. The molecule has 1 amide bonds. The van der Waals surface area contributed by atoms with E-state index < -0.39 is 0 Å². The minimum absolute atomic E-state index is 0.0331. The van der Waals surface area contributed by atoms with Gasteiger partial charge in [-0.2, -0.15) is 0 Å². The number of thiazole rings is 1. The molecule has 5 nitrogen and oxygen atoms in total. The van der Waals surface area contributed by atoms with Gasteiger partial charge in [0.15, 0.2) is 0 Å². The Hall–Kier alpha value is -2.57. The highest BCUT2D eigenvalue weighted by Gasteiger charge is 2.26. The van der Waals surface area contributed by atoms with E-state index in [9.17, 15) is 9.90 Å². The molecule has 7 heteroatoms. The number of carbonyl (C=O) groups excluding carboxylic acids is 1. The molecular formula is C21H20ClN3O2S. The maximum atomic E-state index is 13.0. The number of phenolic OH excluding ortho intramolecular Hbond substituents is 1. The zero-order valence-corrected chi connectivity index (χ0v) is 17.0. The fourth-order valence-electron chi connectivity index (χ4n) is 3.31. The van der Waals surface area contributed by atoms with E-state index in [1.54, 1.807) is 12.1 Å². The predicted octanol–water partition coefficient (Wildman–Crippen LogP) is 4.44. The molecule has 1 N–H and O–H groups in total. The Kier molecular flexibility index (Phi) is 5.24. The summed E-state index contributed by atoms with van der Waals surface area (Å²) in [4.78, 5) is 22.4. The van der Waals surface area contributed by atoms with Gasteiger partial charge in [0.1, 0.15) is 15.6 Å². The number of aromatic nitrogens is 1. The summed E-state index contributed by atoms with van der Waals surface area (Å²) in [6, 6.07) is 14.7. The third-order valence-electron chi connectivity index (χ3n) is 4.84. The minimum Gasteiger partial charge on any atom is -0.508 e. The van der Waals surface area contributed by atoms with Crippen molar-refractivity contribution >= 4 is 34.5 Å². The summed E-state index contributed by atoms with van der Waals surface area (Å²) in [6.45, 7) is 4.63. The molecule has 28 heavy (non-hydrogen) atoms. The van der Waals surface area contributed by atoms with Crippen molar-refractivity contribution in [3.8, 4) is 16.3 Å². The molecule has 1 aliphatic rings. The number of aryl methyl sites for hydroxylation is 1. The minimum atomic E-state index is 0.0331. The molecule has 0 atom stereocenters. The number of hydrogen-bond acceptors (Lipinski definition) is 5. The van der Waals surface area contributed by atoms with Crippen molar-refractivity contribution in [3.63, 3.8) is 0 Å². The van der Waals surface area contributed by atoms with Crippen LogP contribution in [-0.2, 0) is 0 Å². The molecule has 1 saturated heterocycles. The summed E-state index contributed by atoms with van der Waals surface area (Å²) in [5.41, 5.74) is 2.70. The number of phenols is 1. The molecule has 1 aromatic heterocycles. The van der Waals surface area contributed by atoms with Crippen LogP contribution in [0, 0.1) is 6.92 Å². The second-order valence-electron chi connectivity index (χ2n) is 6.74. The van der Waals surface area contributed by atoms with Gasteiger partial charge in [-0.3, -0.25) is 4.79 Å². The van der Waals surface area contributed by atoms with E-state index in [2.05, 4.69) is 9.88 Å². The first-order valence-electron chi connectivity index (χ1n) is 9.08. The van der Waals surface area contributed by atoms with Gasteiger partial charge in [-0.05, 0) is 31.2 Å². The molecule has 0 spiro atoms. The highest BCUT2D eigenvalue weighted by molar-refractivity contribution is 7.17. The number of carbonyl (C=O) groups is 1. The molecule has 2 heterocycles. The Bertz CT molecular complexity index is 995. The summed E-state index contributed by atoms with van der Waals surface area (Å²) < 4.78 is 0. The fraction of sp³-hybridized carbons (Fsp3) is 0.238. The first-order chi connectivity index (χ1) is 13.5. The fourth-order valence-corrected chi connectivity index (χ4v) is 4.48. The lowest BCUT2D eigenvalue weighted by Crippen LogP contribution is -2.48. The third kappa shape index (κ3) is 3.84. The van der Waals surface area contributed by atoms with Gasteiger partial charge in [0.2, 0.25) is 0 Å². The first kappa shape index (κ1) is 18.8. The maximum Gasteiger partial charge on any atom is 0.265 e. The molecule has 0 unspecified atom stereocenters. The standard InChI is InChI=1S/C21H20ClN3O2S/c1-14-19(28-20(23-14)15-5-7-16(22)8-6-15)21(27)25-11-9-24(10-12-25)17-3-2-4-18(26)13-17/h2-8,13,26H,9-12H2,1H3. The topological polar surface area (TPSA) is 56.7 Å². The monoisotopic (exact) mass is 413 g/mol. The molecule has 2 aromatic carbocycles. The summed E-state index contributed by atoms with van der Waals surface area (Å²) in [7, 11) is 0. The summed E-state index contributed by atoms with van der Waals surface area (Å²) >= 11 is 7.38. The van der Waals surface area contributed by atoms with E-state index in [4.69, 9.17) is 11.6 Å². The van der Waals surface area contributed by atoms with Crippen molar-refractivity contribution < 1.29 is 9.90 Å². The molecule has 1 fully saturated rings. The van der Waals surface area contributed by atoms with Crippen LogP contribution >= 0.6 is 22.9 Å². The van der Waals surface area contributed by atoms with E-state index in [-0.39, 0.29) is 11.7 Å².